The highest BCUT2D eigenvalue weighted by atomic mass is 15.3. The summed E-state index contributed by atoms with van der Waals surface area (Å²) >= 11 is 0. The van der Waals surface area contributed by atoms with Crippen LogP contribution in [-0.2, 0) is 13.5 Å². The predicted molar refractivity (Wildman–Crippen MR) is 48.0 cm³/mol. The number of aryl methyl sites for hydroxylation is 2. The molecule has 0 bridgehead atoms. The molecule has 2 aromatic heterocycles. The van der Waals surface area contributed by atoms with E-state index in [-0.39, 0.29) is 0 Å². The number of rotatable bonds is 2. The minimum Gasteiger partial charge on any atom is -0.265 e. The van der Waals surface area contributed by atoms with Crippen LogP contribution in [0.25, 0.3) is 11.5 Å². The highest BCUT2D eigenvalue weighted by Gasteiger charge is 2.07. The summed E-state index contributed by atoms with van der Waals surface area (Å²) in [7, 11) is 1.87. The van der Waals surface area contributed by atoms with Crippen molar-refractivity contribution in [3.05, 3.63) is 18.1 Å². The molecule has 0 aliphatic heterocycles. The van der Waals surface area contributed by atoms with E-state index in [1.165, 1.54) is 0 Å². The lowest BCUT2D eigenvalue weighted by atomic mass is 10.4. The third-order valence-electron chi connectivity index (χ3n) is 1.92. The number of nitrogens with one attached hydrogen (secondary N) is 1. The molecule has 5 nitrogen and oxygen atoms in total. The zero-order chi connectivity index (χ0) is 9.26. The fourth-order valence-corrected chi connectivity index (χ4v) is 1.16. The monoisotopic (exact) mass is 177 g/mol. The van der Waals surface area contributed by atoms with Crippen molar-refractivity contribution in [2.75, 3.05) is 0 Å². The van der Waals surface area contributed by atoms with Crippen molar-refractivity contribution in [1.29, 1.82) is 0 Å². The Labute approximate surface area is 75.8 Å². The first-order valence-electron chi connectivity index (χ1n) is 4.21. The lowest BCUT2D eigenvalue weighted by Crippen LogP contribution is -1.94. The minimum absolute atomic E-state index is 0.705. The Morgan fingerprint density at radius 3 is 2.92 bits per heavy atom. The number of hydrogen-bond acceptors (Lipinski definition) is 3. The maximum absolute atomic E-state index is 4.30. The molecule has 0 saturated heterocycles. The van der Waals surface area contributed by atoms with Crippen LogP contribution >= 0.6 is 0 Å². The molecule has 5 heteroatoms. The Morgan fingerprint density at radius 1 is 1.54 bits per heavy atom. The van der Waals surface area contributed by atoms with E-state index < -0.39 is 0 Å². The van der Waals surface area contributed by atoms with Crippen molar-refractivity contribution in [3.63, 3.8) is 0 Å². The summed E-state index contributed by atoms with van der Waals surface area (Å²) in [5.41, 5.74) is 0.927. The first kappa shape index (κ1) is 7.97. The van der Waals surface area contributed by atoms with Crippen LogP contribution in [0.3, 0.4) is 0 Å². The summed E-state index contributed by atoms with van der Waals surface area (Å²) in [4.78, 5) is 4.30. The Bertz CT molecular complexity index is 400. The molecule has 0 amide bonds. The van der Waals surface area contributed by atoms with Crippen LogP contribution < -0.4 is 0 Å². The van der Waals surface area contributed by atoms with Gasteiger partial charge < -0.3 is 0 Å². The van der Waals surface area contributed by atoms with Gasteiger partial charge in [0.25, 0.3) is 0 Å². The molecule has 1 N–H and O–H groups in total. The smallest absolute Gasteiger partial charge is 0.199 e. The molecule has 0 unspecified atom stereocenters. The molecule has 2 aromatic rings. The molecule has 0 atom stereocenters. The summed E-state index contributed by atoms with van der Waals surface area (Å²) in [6.45, 7) is 2.04. The van der Waals surface area contributed by atoms with Crippen LogP contribution in [0.2, 0.25) is 0 Å². The molecule has 0 fully saturated rings. The lowest BCUT2D eigenvalue weighted by molar-refractivity contribution is 0.770. The van der Waals surface area contributed by atoms with Gasteiger partial charge in [0.15, 0.2) is 5.82 Å². The van der Waals surface area contributed by atoms with E-state index in [1.807, 2.05) is 20.0 Å². The standard InChI is InChI=1S/C8H11N5/c1-3-7-10-8(12-11-7)6-4-5-9-13(6)2/h4-5H,3H2,1-2H3,(H,10,11,12). The van der Waals surface area contributed by atoms with Gasteiger partial charge in [0.1, 0.15) is 11.5 Å². The van der Waals surface area contributed by atoms with Crippen LogP contribution in [0, 0.1) is 0 Å². The van der Waals surface area contributed by atoms with Crippen molar-refractivity contribution >= 4 is 0 Å². The van der Waals surface area contributed by atoms with Gasteiger partial charge in [-0.15, -0.1) is 0 Å². The molecular formula is C8H11N5. The Hall–Kier alpha value is -1.65. The molecule has 0 spiro atoms. The average molecular weight is 177 g/mol. The van der Waals surface area contributed by atoms with E-state index in [9.17, 15) is 0 Å². The Morgan fingerprint density at radius 2 is 2.38 bits per heavy atom. The first-order valence-corrected chi connectivity index (χ1v) is 4.21. The van der Waals surface area contributed by atoms with Crippen molar-refractivity contribution < 1.29 is 0 Å². The van der Waals surface area contributed by atoms with Gasteiger partial charge in [0.2, 0.25) is 0 Å². The van der Waals surface area contributed by atoms with Crippen molar-refractivity contribution in [1.82, 2.24) is 25.0 Å². The fraction of sp³-hybridized carbons (Fsp3) is 0.375. The van der Waals surface area contributed by atoms with Crippen LogP contribution in [0.1, 0.15) is 12.7 Å². The van der Waals surface area contributed by atoms with Crippen LogP contribution in [0.5, 0.6) is 0 Å². The topological polar surface area (TPSA) is 59.4 Å². The molecule has 2 heterocycles. The number of hydrogen-bond donors (Lipinski definition) is 1. The Balaban J connectivity index is 2.41. The zero-order valence-electron chi connectivity index (χ0n) is 7.65. The van der Waals surface area contributed by atoms with E-state index in [4.69, 9.17) is 0 Å². The molecule has 13 heavy (non-hydrogen) atoms. The maximum atomic E-state index is 4.30. The maximum Gasteiger partial charge on any atom is 0.199 e. The van der Waals surface area contributed by atoms with Gasteiger partial charge in [-0.2, -0.15) is 10.2 Å². The van der Waals surface area contributed by atoms with Gasteiger partial charge in [-0.25, -0.2) is 4.98 Å². The zero-order valence-corrected chi connectivity index (χ0v) is 7.65. The average Bonchev–Trinajstić information content (AvgIpc) is 2.71. The molecule has 0 aromatic carbocycles. The van der Waals surface area contributed by atoms with Gasteiger partial charge in [0, 0.05) is 19.7 Å². The van der Waals surface area contributed by atoms with Crippen molar-refractivity contribution in [2.45, 2.75) is 13.3 Å². The van der Waals surface area contributed by atoms with E-state index in [2.05, 4.69) is 20.3 Å². The quantitative estimate of drug-likeness (QED) is 0.737. The van der Waals surface area contributed by atoms with Crippen LogP contribution in [0.4, 0.5) is 0 Å². The highest BCUT2D eigenvalue weighted by molar-refractivity contribution is 5.47. The summed E-state index contributed by atoms with van der Waals surface area (Å²) in [6.07, 6.45) is 2.60. The third kappa shape index (κ3) is 1.32. The fourth-order valence-electron chi connectivity index (χ4n) is 1.16. The number of H-pyrrole nitrogens is 1. The predicted octanol–water partition coefficient (Wildman–Crippen LogP) is 0.768. The number of aromatic amines is 1. The molecule has 0 aliphatic carbocycles. The van der Waals surface area contributed by atoms with Gasteiger partial charge in [-0.05, 0) is 6.07 Å². The minimum atomic E-state index is 0.705. The van der Waals surface area contributed by atoms with Gasteiger partial charge in [-0.1, -0.05) is 6.92 Å². The molecule has 0 radical (unpaired) electrons. The summed E-state index contributed by atoms with van der Waals surface area (Å²) in [5.74, 6) is 1.60. The molecule has 2 rings (SSSR count). The van der Waals surface area contributed by atoms with E-state index in [1.54, 1.807) is 10.9 Å². The summed E-state index contributed by atoms with van der Waals surface area (Å²) in [6, 6.07) is 1.89. The highest BCUT2D eigenvalue weighted by Crippen LogP contribution is 2.12. The number of aromatic nitrogens is 5. The van der Waals surface area contributed by atoms with Crippen molar-refractivity contribution in [2.24, 2.45) is 7.05 Å². The second-order valence-electron chi connectivity index (χ2n) is 2.80. The van der Waals surface area contributed by atoms with Gasteiger partial charge >= 0.3 is 0 Å². The largest absolute Gasteiger partial charge is 0.265 e. The van der Waals surface area contributed by atoms with Gasteiger partial charge in [0.05, 0.1) is 0 Å². The van der Waals surface area contributed by atoms with Crippen LogP contribution in [0.15, 0.2) is 12.3 Å². The third-order valence-corrected chi connectivity index (χ3v) is 1.92. The van der Waals surface area contributed by atoms with E-state index in [0.29, 0.717) is 5.82 Å². The van der Waals surface area contributed by atoms with Gasteiger partial charge in [-0.3, -0.25) is 9.78 Å². The molecule has 0 aliphatic rings. The summed E-state index contributed by atoms with van der Waals surface area (Å²) in [5, 5.41) is 11.0. The molecular weight excluding hydrogens is 166 g/mol. The number of nitrogens with zero attached hydrogens (tertiary/aromatic N) is 4. The molecule has 68 valence electrons. The SMILES string of the molecule is CCc1nc(-c2ccnn2C)n[nH]1. The second kappa shape index (κ2) is 3.01. The van der Waals surface area contributed by atoms with E-state index >= 15 is 0 Å². The van der Waals surface area contributed by atoms with Crippen LogP contribution in [-0.4, -0.2) is 25.0 Å². The van der Waals surface area contributed by atoms with E-state index in [0.717, 1.165) is 17.9 Å². The van der Waals surface area contributed by atoms with Crippen molar-refractivity contribution in [3.8, 4) is 11.5 Å². The molecule has 0 saturated carbocycles. The first-order chi connectivity index (χ1) is 6.31. The Kier molecular flexibility index (Phi) is 1.84. The summed E-state index contributed by atoms with van der Waals surface area (Å²) < 4.78 is 1.75. The lowest BCUT2D eigenvalue weighted by Gasteiger charge is -1.93. The second-order valence-corrected chi connectivity index (χ2v) is 2.80. The normalized spacial score (nSPS) is 10.6.